The number of amides is 1. The highest BCUT2D eigenvalue weighted by atomic mass is 16.5. The number of nitrogens with zero attached hydrogens (tertiary/aromatic N) is 5. The molecule has 1 N–H and O–H groups in total. The predicted octanol–water partition coefficient (Wildman–Crippen LogP) is 3.93. The third kappa shape index (κ3) is 4.12. The molecule has 3 heterocycles. The first-order chi connectivity index (χ1) is 14.5. The molecule has 8 nitrogen and oxygen atoms in total. The van der Waals surface area contributed by atoms with Crippen LogP contribution in [-0.4, -0.2) is 30.6 Å². The van der Waals surface area contributed by atoms with Crippen LogP contribution in [0.15, 0.2) is 65.7 Å². The molecule has 1 atom stereocenters. The first kappa shape index (κ1) is 19.5. The van der Waals surface area contributed by atoms with Gasteiger partial charge >= 0.3 is 0 Å². The lowest BCUT2D eigenvalue weighted by atomic mass is 10.1. The lowest BCUT2D eigenvalue weighted by molar-refractivity contribution is 0.0935. The maximum Gasteiger partial charge on any atom is 0.271 e. The van der Waals surface area contributed by atoms with Gasteiger partial charge in [-0.25, -0.2) is 9.97 Å². The summed E-state index contributed by atoms with van der Waals surface area (Å²) < 4.78 is 6.99. The van der Waals surface area contributed by atoms with Crippen molar-refractivity contribution in [3.8, 4) is 17.3 Å². The molecule has 8 heteroatoms. The summed E-state index contributed by atoms with van der Waals surface area (Å²) in [6.45, 7) is 5.94. The lowest BCUT2D eigenvalue weighted by Crippen LogP contribution is -2.26. The maximum absolute atomic E-state index is 12.5. The van der Waals surface area contributed by atoms with Crippen molar-refractivity contribution in [1.82, 2.24) is 30.0 Å². The van der Waals surface area contributed by atoms with Crippen molar-refractivity contribution in [3.63, 3.8) is 0 Å². The van der Waals surface area contributed by atoms with Gasteiger partial charge in [-0.3, -0.25) is 9.36 Å². The molecule has 1 aromatic carbocycles. The van der Waals surface area contributed by atoms with Gasteiger partial charge in [-0.15, -0.1) is 0 Å². The van der Waals surface area contributed by atoms with Crippen LogP contribution in [0.2, 0.25) is 0 Å². The van der Waals surface area contributed by atoms with Gasteiger partial charge in [0.1, 0.15) is 17.8 Å². The average molecular weight is 402 g/mol. The molecule has 3 aromatic heterocycles. The molecule has 0 saturated carbocycles. The summed E-state index contributed by atoms with van der Waals surface area (Å²) in [5.74, 6) is 1.66. The second kappa shape index (κ2) is 8.28. The molecule has 0 saturated heterocycles. The Hall–Kier alpha value is -3.81. The molecule has 30 heavy (non-hydrogen) atoms. The highest BCUT2D eigenvalue weighted by Gasteiger charge is 2.15. The second-order valence-corrected chi connectivity index (χ2v) is 7.29. The molecular formula is C22H22N6O2. The zero-order valence-corrected chi connectivity index (χ0v) is 17.0. The lowest BCUT2D eigenvalue weighted by Gasteiger charge is -2.13. The van der Waals surface area contributed by atoms with Crippen LogP contribution in [0, 0.1) is 0 Å². The Balaban J connectivity index is 1.46. The van der Waals surface area contributed by atoms with Crippen LogP contribution in [-0.2, 0) is 0 Å². The van der Waals surface area contributed by atoms with Crippen molar-refractivity contribution < 1.29 is 9.32 Å². The normalized spacial score (nSPS) is 12.1. The highest BCUT2D eigenvalue weighted by Crippen LogP contribution is 2.20. The van der Waals surface area contributed by atoms with Crippen LogP contribution in [0.3, 0.4) is 0 Å². The zero-order chi connectivity index (χ0) is 21.1. The van der Waals surface area contributed by atoms with E-state index >= 15 is 0 Å². The largest absolute Gasteiger partial charge is 0.344 e. The van der Waals surface area contributed by atoms with Crippen molar-refractivity contribution in [2.75, 3.05) is 0 Å². The number of aromatic nitrogens is 5. The van der Waals surface area contributed by atoms with Crippen LogP contribution in [0.5, 0.6) is 0 Å². The SMILES string of the molecule is CC(C)c1noc(-c2ccc(-n3cnc(C(=O)NC(C)c4ccccc4)c3)nc2)n1. The molecule has 0 spiro atoms. The number of nitrogens with one attached hydrogen (secondary N) is 1. The zero-order valence-electron chi connectivity index (χ0n) is 17.0. The van der Waals surface area contributed by atoms with Gasteiger partial charge in [-0.05, 0) is 24.6 Å². The standard InChI is InChI=1S/C22H22N6O2/c1-14(2)20-26-22(30-27-20)17-9-10-19(23-11-17)28-12-18(24-13-28)21(29)25-15(3)16-7-5-4-6-8-16/h4-15H,1-3H3,(H,25,29). The molecule has 152 valence electrons. The summed E-state index contributed by atoms with van der Waals surface area (Å²) in [6, 6.07) is 13.3. The maximum atomic E-state index is 12.5. The van der Waals surface area contributed by atoms with Crippen molar-refractivity contribution in [2.24, 2.45) is 0 Å². The van der Waals surface area contributed by atoms with E-state index in [0.29, 0.717) is 23.2 Å². The number of hydrogen-bond acceptors (Lipinski definition) is 6. The third-order valence-electron chi connectivity index (χ3n) is 4.68. The van der Waals surface area contributed by atoms with Crippen molar-refractivity contribution in [3.05, 3.63) is 78.3 Å². The number of benzene rings is 1. The summed E-state index contributed by atoms with van der Waals surface area (Å²) in [5.41, 5.74) is 2.08. The van der Waals surface area contributed by atoms with E-state index in [1.807, 2.05) is 63.2 Å². The number of hydrogen-bond donors (Lipinski definition) is 1. The fourth-order valence-corrected chi connectivity index (χ4v) is 2.91. The van der Waals surface area contributed by atoms with Crippen LogP contribution in [0.25, 0.3) is 17.3 Å². The van der Waals surface area contributed by atoms with Crippen molar-refractivity contribution >= 4 is 5.91 Å². The predicted molar refractivity (Wildman–Crippen MR) is 111 cm³/mol. The molecule has 0 aliphatic carbocycles. The highest BCUT2D eigenvalue weighted by molar-refractivity contribution is 5.92. The molecule has 1 amide bonds. The quantitative estimate of drug-likeness (QED) is 0.525. The number of carbonyl (C=O) groups is 1. The summed E-state index contributed by atoms with van der Waals surface area (Å²) in [7, 11) is 0. The van der Waals surface area contributed by atoms with E-state index in [9.17, 15) is 4.79 Å². The topological polar surface area (TPSA) is 98.7 Å². The van der Waals surface area contributed by atoms with Crippen LogP contribution >= 0.6 is 0 Å². The smallest absolute Gasteiger partial charge is 0.271 e. The van der Waals surface area contributed by atoms with Gasteiger partial charge in [0, 0.05) is 18.3 Å². The summed E-state index contributed by atoms with van der Waals surface area (Å²) in [5, 5.41) is 6.92. The minimum atomic E-state index is -0.242. The minimum Gasteiger partial charge on any atom is -0.344 e. The summed E-state index contributed by atoms with van der Waals surface area (Å²) in [4.78, 5) is 25.5. The Morgan fingerprint density at radius 2 is 1.87 bits per heavy atom. The number of rotatable bonds is 6. The summed E-state index contributed by atoms with van der Waals surface area (Å²) >= 11 is 0. The van der Waals surface area contributed by atoms with Crippen molar-refractivity contribution in [2.45, 2.75) is 32.7 Å². The molecule has 1 unspecified atom stereocenters. The van der Waals surface area contributed by atoms with E-state index in [-0.39, 0.29) is 17.9 Å². The molecule has 0 radical (unpaired) electrons. The Labute approximate surface area is 174 Å². The minimum absolute atomic E-state index is 0.119. The van der Waals surface area contributed by atoms with Gasteiger partial charge in [0.25, 0.3) is 11.8 Å². The van der Waals surface area contributed by atoms with E-state index in [4.69, 9.17) is 4.52 Å². The Bertz CT molecular complexity index is 1130. The molecular weight excluding hydrogens is 380 g/mol. The first-order valence-electron chi connectivity index (χ1n) is 9.71. The van der Waals surface area contributed by atoms with E-state index in [1.54, 1.807) is 23.3 Å². The number of imidazole rings is 1. The van der Waals surface area contributed by atoms with E-state index < -0.39 is 0 Å². The van der Waals surface area contributed by atoms with Crippen LogP contribution in [0.4, 0.5) is 0 Å². The summed E-state index contributed by atoms with van der Waals surface area (Å²) in [6.07, 6.45) is 4.87. The average Bonchev–Trinajstić information content (AvgIpc) is 3.45. The number of carbonyl (C=O) groups excluding carboxylic acids is 1. The fraction of sp³-hybridized carbons (Fsp3) is 0.227. The monoisotopic (exact) mass is 402 g/mol. The Kier molecular flexibility index (Phi) is 5.38. The van der Waals surface area contributed by atoms with Gasteiger partial charge in [-0.1, -0.05) is 49.3 Å². The van der Waals surface area contributed by atoms with Gasteiger partial charge in [-0.2, -0.15) is 4.98 Å². The van der Waals surface area contributed by atoms with Gasteiger partial charge in [0.05, 0.1) is 11.6 Å². The third-order valence-corrected chi connectivity index (χ3v) is 4.68. The van der Waals surface area contributed by atoms with E-state index in [0.717, 1.165) is 11.1 Å². The molecule has 4 aromatic rings. The molecule has 4 rings (SSSR count). The van der Waals surface area contributed by atoms with Crippen LogP contribution in [0.1, 0.15) is 54.6 Å². The van der Waals surface area contributed by atoms with Crippen molar-refractivity contribution in [1.29, 1.82) is 0 Å². The van der Waals surface area contributed by atoms with Gasteiger partial charge in [0.2, 0.25) is 0 Å². The van der Waals surface area contributed by atoms with E-state index in [1.165, 1.54) is 0 Å². The first-order valence-corrected chi connectivity index (χ1v) is 9.71. The van der Waals surface area contributed by atoms with Gasteiger partial charge in [0.15, 0.2) is 5.82 Å². The van der Waals surface area contributed by atoms with E-state index in [2.05, 4.69) is 25.4 Å². The molecule has 0 aliphatic rings. The van der Waals surface area contributed by atoms with Crippen LogP contribution < -0.4 is 5.32 Å². The Morgan fingerprint density at radius 1 is 1.07 bits per heavy atom. The fourth-order valence-electron chi connectivity index (χ4n) is 2.91. The number of pyridine rings is 1. The van der Waals surface area contributed by atoms with Gasteiger partial charge < -0.3 is 9.84 Å². The Morgan fingerprint density at radius 3 is 2.53 bits per heavy atom. The second-order valence-electron chi connectivity index (χ2n) is 7.29. The molecule has 0 fully saturated rings. The molecule has 0 aliphatic heterocycles. The molecule has 0 bridgehead atoms.